The summed E-state index contributed by atoms with van der Waals surface area (Å²) in [4.78, 5) is 11.3. The second-order valence-electron chi connectivity index (χ2n) is 5.09. The van der Waals surface area contributed by atoms with Crippen molar-refractivity contribution in [1.29, 1.82) is 0 Å². The van der Waals surface area contributed by atoms with E-state index in [-0.39, 0.29) is 11.5 Å². The fraction of sp³-hybridized carbons (Fsp3) is 0.545. The minimum atomic E-state index is -0.306. The van der Waals surface area contributed by atoms with Crippen molar-refractivity contribution in [3.63, 3.8) is 0 Å². The first kappa shape index (κ1) is 11.8. The van der Waals surface area contributed by atoms with Crippen molar-refractivity contribution < 1.29 is 4.52 Å². The second-order valence-corrected chi connectivity index (χ2v) is 5.09. The molecular formula is C11H17N5O. The Morgan fingerprint density at radius 3 is 2.76 bits per heavy atom. The lowest BCUT2D eigenvalue weighted by Crippen LogP contribution is -2.16. The Balaban J connectivity index is 2.10. The Morgan fingerprint density at radius 2 is 2.24 bits per heavy atom. The number of H-pyrrole nitrogens is 1. The lowest BCUT2D eigenvalue weighted by molar-refractivity contribution is 0.343. The van der Waals surface area contributed by atoms with Crippen molar-refractivity contribution in [2.24, 2.45) is 5.73 Å². The van der Waals surface area contributed by atoms with E-state index in [4.69, 9.17) is 10.3 Å². The first-order chi connectivity index (χ1) is 7.97. The van der Waals surface area contributed by atoms with E-state index in [9.17, 15) is 0 Å². The maximum absolute atomic E-state index is 6.00. The van der Waals surface area contributed by atoms with Gasteiger partial charge in [0.2, 0.25) is 5.89 Å². The third-order valence-electron chi connectivity index (χ3n) is 2.42. The van der Waals surface area contributed by atoms with E-state index in [1.807, 2.05) is 20.8 Å². The quantitative estimate of drug-likeness (QED) is 0.837. The number of hydrogen-bond acceptors (Lipinski definition) is 5. The van der Waals surface area contributed by atoms with E-state index in [0.29, 0.717) is 18.1 Å². The SMILES string of the molecule is CC(C)(C)c1noc([C@@H](N)Cc2cnc[nH]2)n1. The van der Waals surface area contributed by atoms with Gasteiger partial charge in [-0.05, 0) is 0 Å². The molecule has 0 saturated carbocycles. The third-order valence-corrected chi connectivity index (χ3v) is 2.42. The highest BCUT2D eigenvalue weighted by Crippen LogP contribution is 2.21. The van der Waals surface area contributed by atoms with Crippen LogP contribution in [0.25, 0.3) is 0 Å². The zero-order valence-electron chi connectivity index (χ0n) is 10.3. The molecule has 2 aromatic heterocycles. The summed E-state index contributed by atoms with van der Waals surface area (Å²) in [5, 5.41) is 3.95. The molecule has 6 nitrogen and oxygen atoms in total. The van der Waals surface area contributed by atoms with Gasteiger partial charge in [-0.1, -0.05) is 25.9 Å². The minimum Gasteiger partial charge on any atom is -0.348 e. The number of aromatic nitrogens is 4. The molecule has 0 saturated heterocycles. The molecule has 2 aromatic rings. The number of nitrogens with zero attached hydrogens (tertiary/aromatic N) is 3. The van der Waals surface area contributed by atoms with Gasteiger partial charge in [0.25, 0.3) is 0 Å². The van der Waals surface area contributed by atoms with Crippen LogP contribution in [0, 0.1) is 0 Å². The average Bonchev–Trinajstić information content (AvgIpc) is 2.85. The topological polar surface area (TPSA) is 93.6 Å². The summed E-state index contributed by atoms with van der Waals surface area (Å²) in [6.07, 6.45) is 3.96. The van der Waals surface area contributed by atoms with Gasteiger partial charge in [-0.25, -0.2) is 4.98 Å². The summed E-state index contributed by atoms with van der Waals surface area (Å²) in [6.45, 7) is 6.09. The van der Waals surface area contributed by atoms with Crippen molar-refractivity contribution in [3.8, 4) is 0 Å². The van der Waals surface area contributed by atoms with Crippen molar-refractivity contribution in [2.75, 3.05) is 0 Å². The molecule has 0 aromatic carbocycles. The molecule has 0 aliphatic heterocycles. The number of nitrogens with two attached hydrogens (primary N) is 1. The fourth-order valence-electron chi connectivity index (χ4n) is 1.41. The Hall–Kier alpha value is -1.69. The highest BCUT2D eigenvalue weighted by Gasteiger charge is 2.23. The Kier molecular flexibility index (Phi) is 2.97. The van der Waals surface area contributed by atoms with Gasteiger partial charge in [0.1, 0.15) is 0 Å². The summed E-state index contributed by atoms with van der Waals surface area (Å²) in [7, 11) is 0. The summed E-state index contributed by atoms with van der Waals surface area (Å²) in [5.41, 5.74) is 6.82. The van der Waals surface area contributed by atoms with Crippen molar-refractivity contribution in [2.45, 2.75) is 38.6 Å². The molecule has 92 valence electrons. The van der Waals surface area contributed by atoms with Crippen LogP contribution >= 0.6 is 0 Å². The Morgan fingerprint density at radius 1 is 1.47 bits per heavy atom. The van der Waals surface area contributed by atoms with Crippen LogP contribution in [0.15, 0.2) is 17.0 Å². The first-order valence-corrected chi connectivity index (χ1v) is 5.54. The molecule has 0 aliphatic rings. The van der Waals surface area contributed by atoms with Crippen LogP contribution in [0.4, 0.5) is 0 Å². The van der Waals surface area contributed by atoms with Gasteiger partial charge in [-0.3, -0.25) is 0 Å². The number of imidazole rings is 1. The number of nitrogens with one attached hydrogen (secondary N) is 1. The van der Waals surface area contributed by atoms with Crippen LogP contribution in [-0.4, -0.2) is 20.1 Å². The van der Waals surface area contributed by atoms with Gasteiger partial charge >= 0.3 is 0 Å². The predicted octanol–water partition coefficient (Wildman–Crippen LogP) is 1.33. The molecule has 0 amide bonds. The molecule has 0 fully saturated rings. The van der Waals surface area contributed by atoms with Crippen LogP contribution in [0.5, 0.6) is 0 Å². The summed E-state index contributed by atoms with van der Waals surface area (Å²) >= 11 is 0. The summed E-state index contributed by atoms with van der Waals surface area (Å²) in [5.74, 6) is 1.14. The van der Waals surface area contributed by atoms with E-state index < -0.39 is 0 Å². The van der Waals surface area contributed by atoms with E-state index in [1.165, 1.54) is 0 Å². The molecule has 2 heterocycles. The molecule has 0 spiro atoms. The molecule has 0 radical (unpaired) electrons. The zero-order valence-corrected chi connectivity index (χ0v) is 10.3. The largest absolute Gasteiger partial charge is 0.348 e. The van der Waals surface area contributed by atoms with E-state index in [1.54, 1.807) is 12.5 Å². The lowest BCUT2D eigenvalue weighted by atomic mass is 9.96. The third kappa shape index (κ3) is 2.71. The van der Waals surface area contributed by atoms with E-state index in [2.05, 4.69) is 20.1 Å². The molecule has 3 N–H and O–H groups in total. The average molecular weight is 235 g/mol. The second kappa shape index (κ2) is 4.29. The summed E-state index contributed by atoms with van der Waals surface area (Å²) in [6, 6.07) is -0.306. The molecule has 1 atom stereocenters. The molecule has 0 unspecified atom stereocenters. The van der Waals surface area contributed by atoms with E-state index in [0.717, 1.165) is 5.69 Å². The smallest absolute Gasteiger partial charge is 0.243 e. The Bertz CT molecular complexity index is 468. The van der Waals surface area contributed by atoms with Crippen molar-refractivity contribution >= 4 is 0 Å². The number of rotatable bonds is 3. The van der Waals surface area contributed by atoms with Crippen LogP contribution in [0.2, 0.25) is 0 Å². The van der Waals surface area contributed by atoms with Gasteiger partial charge in [0, 0.05) is 23.7 Å². The molecule has 2 rings (SSSR count). The van der Waals surface area contributed by atoms with Crippen LogP contribution in [0.3, 0.4) is 0 Å². The lowest BCUT2D eigenvalue weighted by Gasteiger charge is -2.11. The highest BCUT2D eigenvalue weighted by atomic mass is 16.5. The summed E-state index contributed by atoms with van der Waals surface area (Å²) < 4.78 is 5.18. The van der Waals surface area contributed by atoms with Gasteiger partial charge in [0.05, 0.1) is 12.4 Å². The molecule has 6 heteroatoms. The monoisotopic (exact) mass is 235 g/mol. The van der Waals surface area contributed by atoms with Crippen molar-refractivity contribution in [1.82, 2.24) is 20.1 Å². The van der Waals surface area contributed by atoms with Crippen LogP contribution < -0.4 is 5.73 Å². The first-order valence-electron chi connectivity index (χ1n) is 5.54. The molecule has 17 heavy (non-hydrogen) atoms. The predicted molar refractivity (Wildman–Crippen MR) is 62.2 cm³/mol. The van der Waals surface area contributed by atoms with E-state index >= 15 is 0 Å². The maximum atomic E-state index is 6.00. The van der Waals surface area contributed by atoms with Gasteiger partial charge in [-0.15, -0.1) is 0 Å². The molecular weight excluding hydrogens is 218 g/mol. The number of aromatic amines is 1. The Labute approximate surface area is 99.6 Å². The number of hydrogen-bond donors (Lipinski definition) is 2. The van der Waals surface area contributed by atoms with Gasteiger partial charge < -0.3 is 15.2 Å². The molecule has 0 aliphatic carbocycles. The standard InChI is InChI=1S/C11H17N5O/c1-11(2,3)10-15-9(17-16-10)8(12)4-7-5-13-6-14-7/h5-6,8H,4,12H2,1-3H3,(H,13,14)/t8-/m0/s1. The highest BCUT2D eigenvalue weighted by molar-refractivity contribution is 5.05. The van der Waals surface area contributed by atoms with Gasteiger partial charge in [0.15, 0.2) is 5.82 Å². The minimum absolute atomic E-state index is 0.130. The normalized spacial score (nSPS) is 13.9. The fourth-order valence-corrected chi connectivity index (χ4v) is 1.41. The van der Waals surface area contributed by atoms with Crippen LogP contribution in [-0.2, 0) is 11.8 Å². The van der Waals surface area contributed by atoms with Gasteiger partial charge in [-0.2, -0.15) is 4.98 Å². The van der Waals surface area contributed by atoms with Crippen LogP contribution in [0.1, 0.15) is 44.2 Å². The molecule has 0 bridgehead atoms. The van der Waals surface area contributed by atoms with Crippen molar-refractivity contribution in [3.05, 3.63) is 29.9 Å². The zero-order chi connectivity index (χ0) is 12.5. The maximum Gasteiger partial charge on any atom is 0.243 e.